The molecule has 1 aliphatic rings. The second-order valence-electron chi connectivity index (χ2n) is 5.78. The zero-order chi connectivity index (χ0) is 12.3. The Kier molecular flexibility index (Phi) is 6.45. The second-order valence-corrected chi connectivity index (χ2v) is 5.78. The largest absolute Gasteiger partial charge is 0.342 e. The fraction of sp³-hybridized carbons (Fsp3) is 0.917. The fourth-order valence-electron chi connectivity index (χ4n) is 1.86. The van der Waals surface area contributed by atoms with Crippen LogP contribution in [0.25, 0.3) is 0 Å². The minimum Gasteiger partial charge on any atom is -0.342 e. The molecule has 0 aromatic heterocycles. The molecule has 102 valence electrons. The molecule has 0 heterocycles. The van der Waals surface area contributed by atoms with Gasteiger partial charge in [0.25, 0.3) is 0 Å². The van der Waals surface area contributed by atoms with Crippen LogP contribution in [0, 0.1) is 5.41 Å². The van der Waals surface area contributed by atoms with Crippen molar-refractivity contribution < 1.29 is 4.79 Å². The second kappa shape index (κ2) is 6.57. The first-order valence-corrected chi connectivity index (χ1v) is 6.00. The van der Waals surface area contributed by atoms with Crippen LogP contribution in [-0.2, 0) is 4.79 Å². The van der Waals surface area contributed by atoms with E-state index in [4.69, 9.17) is 5.73 Å². The van der Waals surface area contributed by atoms with Gasteiger partial charge in [0.05, 0.1) is 6.54 Å². The Labute approximate surface area is 111 Å². The van der Waals surface area contributed by atoms with Crippen LogP contribution < -0.4 is 5.73 Å². The summed E-state index contributed by atoms with van der Waals surface area (Å²) in [5.74, 6) is 0.220. The van der Waals surface area contributed by atoms with Gasteiger partial charge in [-0.25, -0.2) is 0 Å². The van der Waals surface area contributed by atoms with Crippen molar-refractivity contribution in [3.63, 3.8) is 0 Å². The lowest BCUT2D eigenvalue weighted by Gasteiger charge is -2.29. The van der Waals surface area contributed by atoms with E-state index in [9.17, 15) is 4.79 Å². The molecular weight excluding hydrogens is 238 g/mol. The highest BCUT2D eigenvalue weighted by atomic mass is 35.5. The summed E-state index contributed by atoms with van der Waals surface area (Å²) in [5, 5.41) is 0. The molecule has 0 unspecified atom stereocenters. The first kappa shape index (κ1) is 16.7. The molecule has 0 saturated heterocycles. The first-order valence-electron chi connectivity index (χ1n) is 6.00. The van der Waals surface area contributed by atoms with Crippen LogP contribution in [0.3, 0.4) is 0 Å². The molecule has 0 aromatic rings. The predicted octanol–water partition coefficient (Wildman–Crippen LogP) is 0.946. The number of carbonyl (C=O) groups excluding carboxylic acids is 1. The van der Waals surface area contributed by atoms with Crippen molar-refractivity contribution in [2.75, 3.05) is 33.7 Å². The molecule has 0 bridgehead atoms. The zero-order valence-corrected chi connectivity index (χ0v) is 12.2. The monoisotopic (exact) mass is 263 g/mol. The van der Waals surface area contributed by atoms with Gasteiger partial charge in [0.1, 0.15) is 0 Å². The number of carbonyl (C=O) groups is 1. The van der Waals surface area contributed by atoms with Crippen LogP contribution in [0.5, 0.6) is 0 Å². The van der Waals surface area contributed by atoms with Crippen molar-refractivity contribution in [3.05, 3.63) is 0 Å². The van der Waals surface area contributed by atoms with E-state index in [2.05, 4.69) is 18.7 Å². The van der Waals surface area contributed by atoms with Gasteiger partial charge in [0.15, 0.2) is 0 Å². The van der Waals surface area contributed by atoms with E-state index in [0.717, 1.165) is 6.54 Å². The summed E-state index contributed by atoms with van der Waals surface area (Å²) in [6.07, 6.45) is 2.33. The third-order valence-electron chi connectivity index (χ3n) is 3.14. The Morgan fingerprint density at radius 2 is 1.88 bits per heavy atom. The summed E-state index contributed by atoms with van der Waals surface area (Å²) < 4.78 is 0. The molecule has 1 rings (SSSR count). The predicted molar refractivity (Wildman–Crippen MR) is 73.4 cm³/mol. The van der Waals surface area contributed by atoms with Crippen LogP contribution >= 0.6 is 12.4 Å². The minimum absolute atomic E-state index is 0. The van der Waals surface area contributed by atoms with Gasteiger partial charge >= 0.3 is 0 Å². The molecule has 5 heteroatoms. The van der Waals surface area contributed by atoms with Crippen LogP contribution in [0.4, 0.5) is 0 Å². The molecular formula is C12H26ClN3O. The fourth-order valence-corrected chi connectivity index (χ4v) is 1.86. The van der Waals surface area contributed by atoms with E-state index in [1.54, 1.807) is 0 Å². The quantitative estimate of drug-likeness (QED) is 0.776. The average Bonchev–Trinajstić information content (AvgIpc) is 2.98. The highest BCUT2D eigenvalue weighted by Crippen LogP contribution is 2.25. The standard InChI is InChI=1S/C12H25N3O.ClH/c1-12(2,8-13)9-14(3)7-11(16)15(4)10-5-6-10;/h10H,5-9,13H2,1-4H3;1H. The third-order valence-corrected chi connectivity index (χ3v) is 3.14. The lowest BCUT2D eigenvalue weighted by Crippen LogP contribution is -2.43. The van der Waals surface area contributed by atoms with E-state index in [1.807, 2.05) is 19.0 Å². The number of rotatable bonds is 6. The number of hydrogen-bond acceptors (Lipinski definition) is 3. The molecule has 17 heavy (non-hydrogen) atoms. The Bertz CT molecular complexity index is 254. The summed E-state index contributed by atoms with van der Waals surface area (Å²) in [5.41, 5.74) is 5.76. The number of nitrogens with two attached hydrogens (primary N) is 1. The first-order chi connectivity index (χ1) is 7.35. The van der Waals surface area contributed by atoms with Crippen LogP contribution in [0.1, 0.15) is 26.7 Å². The number of halogens is 1. The van der Waals surface area contributed by atoms with Gasteiger partial charge in [-0.1, -0.05) is 13.8 Å². The van der Waals surface area contributed by atoms with Gasteiger partial charge in [0, 0.05) is 19.6 Å². The van der Waals surface area contributed by atoms with E-state index >= 15 is 0 Å². The van der Waals surface area contributed by atoms with Crippen molar-refractivity contribution >= 4 is 18.3 Å². The number of likely N-dealkylation sites (N-methyl/N-ethyl adjacent to an activating group) is 2. The lowest BCUT2D eigenvalue weighted by molar-refractivity contribution is -0.131. The van der Waals surface area contributed by atoms with Crippen molar-refractivity contribution in [1.29, 1.82) is 0 Å². The molecule has 2 N–H and O–H groups in total. The number of hydrogen-bond donors (Lipinski definition) is 1. The van der Waals surface area contributed by atoms with Crippen LogP contribution in [0.2, 0.25) is 0 Å². The van der Waals surface area contributed by atoms with Gasteiger partial charge in [-0.15, -0.1) is 12.4 Å². The summed E-state index contributed by atoms with van der Waals surface area (Å²) in [4.78, 5) is 15.8. The normalized spacial score (nSPS) is 15.6. The van der Waals surface area contributed by atoms with E-state index < -0.39 is 0 Å². The third kappa shape index (κ3) is 5.70. The molecule has 0 aliphatic heterocycles. The Balaban J connectivity index is 0.00000256. The number of nitrogens with zero attached hydrogens (tertiary/aromatic N) is 2. The lowest BCUT2D eigenvalue weighted by atomic mass is 9.93. The highest BCUT2D eigenvalue weighted by Gasteiger charge is 2.30. The summed E-state index contributed by atoms with van der Waals surface area (Å²) in [6, 6.07) is 0.503. The molecule has 1 fully saturated rings. The van der Waals surface area contributed by atoms with Crippen molar-refractivity contribution in [2.45, 2.75) is 32.7 Å². The van der Waals surface area contributed by atoms with Crippen LogP contribution in [0.15, 0.2) is 0 Å². The maximum absolute atomic E-state index is 11.9. The van der Waals surface area contributed by atoms with Gasteiger partial charge in [-0.05, 0) is 31.8 Å². The molecule has 1 amide bonds. The minimum atomic E-state index is 0. The Hall–Kier alpha value is -0.320. The SMILES string of the molecule is CN(CC(=O)N(C)C1CC1)CC(C)(C)CN.Cl. The maximum Gasteiger partial charge on any atom is 0.236 e. The molecule has 4 nitrogen and oxygen atoms in total. The topological polar surface area (TPSA) is 49.6 Å². The molecule has 0 radical (unpaired) electrons. The summed E-state index contributed by atoms with van der Waals surface area (Å²) in [6.45, 7) is 6.24. The molecule has 0 atom stereocenters. The van der Waals surface area contributed by atoms with Gasteiger partial charge < -0.3 is 10.6 Å². The number of amides is 1. The average molecular weight is 264 g/mol. The van der Waals surface area contributed by atoms with E-state index in [0.29, 0.717) is 19.1 Å². The Morgan fingerprint density at radius 1 is 1.35 bits per heavy atom. The van der Waals surface area contributed by atoms with Crippen LogP contribution in [-0.4, -0.2) is 55.5 Å². The zero-order valence-electron chi connectivity index (χ0n) is 11.4. The van der Waals surface area contributed by atoms with E-state index in [-0.39, 0.29) is 23.7 Å². The summed E-state index contributed by atoms with van der Waals surface area (Å²) >= 11 is 0. The molecule has 0 aromatic carbocycles. The van der Waals surface area contributed by atoms with Crippen molar-refractivity contribution in [2.24, 2.45) is 11.1 Å². The molecule has 1 aliphatic carbocycles. The van der Waals surface area contributed by atoms with Crippen molar-refractivity contribution in [3.8, 4) is 0 Å². The van der Waals surface area contributed by atoms with Gasteiger partial charge in [0.2, 0.25) is 5.91 Å². The summed E-state index contributed by atoms with van der Waals surface area (Å²) in [7, 11) is 3.89. The molecule has 1 saturated carbocycles. The Morgan fingerprint density at radius 3 is 2.29 bits per heavy atom. The molecule has 0 spiro atoms. The van der Waals surface area contributed by atoms with Crippen molar-refractivity contribution in [1.82, 2.24) is 9.80 Å². The van der Waals surface area contributed by atoms with E-state index in [1.165, 1.54) is 12.8 Å². The highest BCUT2D eigenvalue weighted by molar-refractivity contribution is 5.85. The van der Waals surface area contributed by atoms with Gasteiger partial charge in [-0.3, -0.25) is 9.69 Å². The smallest absolute Gasteiger partial charge is 0.236 e. The van der Waals surface area contributed by atoms with Gasteiger partial charge in [-0.2, -0.15) is 0 Å². The maximum atomic E-state index is 11.9.